The molecule has 1 heterocycles. The van der Waals surface area contributed by atoms with Crippen molar-refractivity contribution in [3.8, 4) is 34.1 Å². The van der Waals surface area contributed by atoms with Gasteiger partial charge in [0.15, 0.2) is 5.76 Å². The van der Waals surface area contributed by atoms with E-state index in [4.69, 9.17) is 18.6 Å². The second-order valence-electron chi connectivity index (χ2n) is 8.95. The van der Waals surface area contributed by atoms with Gasteiger partial charge in [0.25, 0.3) is 0 Å². The van der Waals surface area contributed by atoms with Crippen molar-refractivity contribution in [3.05, 3.63) is 54.4 Å². The molecule has 0 radical (unpaired) electrons. The Labute approximate surface area is 211 Å². The molecule has 9 nitrogen and oxygen atoms in total. The van der Waals surface area contributed by atoms with Crippen LogP contribution in [-0.2, 0) is 16.1 Å². The number of ether oxygens (including phenoxy) is 3. The summed E-state index contributed by atoms with van der Waals surface area (Å²) in [6.45, 7) is 8.01. The van der Waals surface area contributed by atoms with E-state index in [1.165, 1.54) is 0 Å². The van der Waals surface area contributed by atoms with Crippen LogP contribution in [0, 0.1) is 0 Å². The summed E-state index contributed by atoms with van der Waals surface area (Å²) >= 11 is 0. The zero-order chi connectivity index (χ0) is 26.1. The number of benzene rings is 2. The number of aromatic nitrogens is 1. The number of nitrogens with zero attached hydrogens (tertiary/aromatic N) is 1. The van der Waals surface area contributed by atoms with Crippen molar-refractivity contribution in [1.29, 1.82) is 0 Å². The van der Waals surface area contributed by atoms with Crippen LogP contribution in [0.2, 0.25) is 0 Å². The normalized spacial score (nSPS) is 11.0. The molecule has 3 rings (SSSR count). The molecule has 0 spiro atoms. The smallest absolute Gasteiger partial charge is 0.407 e. The summed E-state index contributed by atoms with van der Waals surface area (Å²) in [6, 6.07) is 14.9. The van der Waals surface area contributed by atoms with Crippen LogP contribution in [0.25, 0.3) is 22.6 Å². The van der Waals surface area contributed by atoms with Crippen LogP contribution < -0.4 is 20.1 Å². The van der Waals surface area contributed by atoms with E-state index in [-0.39, 0.29) is 12.5 Å². The number of alkyl carbamates (subject to hydrolysis) is 1. The van der Waals surface area contributed by atoms with Crippen molar-refractivity contribution >= 4 is 12.0 Å². The fourth-order valence-electron chi connectivity index (χ4n) is 3.22. The van der Waals surface area contributed by atoms with E-state index in [1.807, 2.05) is 69.3 Å². The molecule has 2 amide bonds. The third kappa shape index (κ3) is 7.76. The maximum Gasteiger partial charge on any atom is 0.407 e. The molecule has 3 aromatic rings. The van der Waals surface area contributed by atoms with Gasteiger partial charge in [-0.15, -0.1) is 0 Å². The quantitative estimate of drug-likeness (QED) is 0.383. The molecule has 0 bridgehead atoms. The standard InChI is InChI=1S/C27H33N3O6/c1-6-22(31)29-17-23-30-24(18-7-11-20(33-5)12-8-18)25(35-23)19-9-13-21(14-10-19)34-16-15-28-26(32)36-27(2,3)4/h7-14H,6,15-17H2,1-5H3,(H,28,32)(H,29,31). The fourth-order valence-corrected chi connectivity index (χ4v) is 3.22. The zero-order valence-corrected chi connectivity index (χ0v) is 21.3. The lowest BCUT2D eigenvalue weighted by atomic mass is 10.1. The molecule has 2 aromatic carbocycles. The van der Waals surface area contributed by atoms with Crippen LogP contribution in [0.5, 0.6) is 11.5 Å². The van der Waals surface area contributed by atoms with Crippen LogP contribution in [0.4, 0.5) is 4.79 Å². The lowest BCUT2D eigenvalue weighted by molar-refractivity contribution is -0.121. The third-order valence-corrected chi connectivity index (χ3v) is 4.95. The molecule has 0 aliphatic heterocycles. The molecule has 0 saturated carbocycles. The van der Waals surface area contributed by atoms with E-state index in [0.29, 0.717) is 42.7 Å². The van der Waals surface area contributed by atoms with Crippen LogP contribution >= 0.6 is 0 Å². The molecule has 9 heteroatoms. The summed E-state index contributed by atoms with van der Waals surface area (Å²) in [4.78, 5) is 28.1. The van der Waals surface area contributed by atoms with Gasteiger partial charge in [-0.1, -0.05) is 6.92 Å². The predicted octanol–water partition coefficient (Wildman–Crippen LogP) is 4.95. The molecular formula is C27H33N3O6. The highest BCUT2D eigenvalue weighted by Gasteiger charge is 2.18. The second kappa shape index (κ2) is 12.1. The Bertz CT molecular complexity index is 1150. The number of amides is 2. The Morgan fingerprint density at radius 3 is 2.19 bits per heavy atom. The number of methoxy groups -OCH3 is 1. The molecule has 1 aromatic heterocycles. The largest absolute Gasteiger partial charge is 0.497 e. The van der Waals surface area contributed by atoms with Crippen molar-refractivity contribution in [1.82, 2.24) is 15.6 Å². The number of nitrogens with one attached hydrogen (secondary N) is 2. The van der Waals surface area contributed by atoms with Gasteiger partial charge in [0, 0.05) is 17.5 Å². The molecular weight excluding hydrogens is 462 g/mol. The Balaban J connectivity index is 1.71. The Morgan fingerprint density at radius 1 is 0.944 bits per heavy atom. The van der Waals surface area contributed by atoms with E-state index < -0.39 is 11.7 Å². The van der Waals surface area contributed by atoms with Crippen LogP contribution in [0.1, 0.15) is 40.0 Å². The van der Waals surface area contributed by atoms with Gasteiger partial charge in [-0.3, -0.25) is 4.79 Å². The number of carbonyl (C=O) groups is 2. The third-order valence-electron chi connectivity index (χ3n) is 4.95. The summed E-state index contributed by atoms with van der Waals surface area (Å²) in [5.41, 5.74) is 1.78. The van der Waals surface area contributed by atoms with E-state index in [9.17, 15) is 9.59 Å². The highest BCUT2D eigenvalue weighted by molar-refractivity contribution is 5.78. The van der Waals surface area contributed by atoms with E-state index in [2.05, 4.69) is 15.6 Å². The van der Waals surface area contributed by atoms with E-state index in [1.54, 1.807) is 14.0 Å². The van der Waals surface area contributed by atoms with Gasteiger partial charge >= 0.3 is 6.09 Å². The molecule has 0 aliphatic carbocycles. The van der Waals surface area contributed by atoms with Gasteiger partial charge in [0.05, 0.1) is 20.2 Å². The van der Waals surface area contributed by atoms with Gasteiger partial charge in [-0.05, 0) is 69.3 Å². The maximum atomic E-state index is 11.7. The minimum absolute atomic E-state index is 0.0802. The molecule has 2 N–H and O–H groups in total. The van der Waals surface area contributed by atoms with E-state index in [0.717, 1.165) is 16.9 Å². The zero-order valence-electron chi connectivity index (χ0n) is 21.3. The molecule has 192 valence electrons. The SMILES string of the molecule is CCC(=O)NCc1nc(-c2ccc(OC)cc2)c(-c2ccc(OCCNC(=O)OC(C)(C)C)cc2)o1. The summed E-state index contributed by atoms with van der Waals surface area (Å²) in [7, 11) is 1.61. The van der Waals surface area contributed by atoms with Crippen molar-refractivity contribution in [2.24, 2.45) is 0 Å². The summed E-state index contributed by atoms with van der Waals surface area (Å²) < 4.78 is 22.2. The van der Waals surface area contributed by atoms with Gasteiger partial charge < -0.3 is 29.3 Å². The Morgan fingerprint density at radius 2 is 1.58 bits per heavy atom. The van der Waals surface area contributed by atoms with Gasteiger partial charge in [0.1, 0.15) is 29.4 Å². The first-order valence-corrected chi connectivity index (χ1v) is 11.8. The van der Waals surface area contributed by atoms with Gasteiger partial charge in [0.2, 0.25) is 11.8 Å². The van der Waals surface area contributed by atoms with Crippen molar-refractivity contribution in [2.75, 3.05) is 20.3 Å². The monoisotopic (exact) mass is 495 g/mol. The first kappa shape index (κ1) is 26.6. The van der Waals surface area contributed by atoms with Crippen LogP contribution in [-0.4, -0.2) is 42.8 Å². The maximum absolute atomic E-state index is 11.7. The number of carbonyl (C=O) groups excluding carboxylic acids is 2. The number of oxazole rings is 1. The summed E-state index contributed by atoms with van der Waals surface area (Å²) in [5, 5.41) is 5.45. The lowest BCUT2D eigenvalue weighted by Gasteiger charge is -2.19. The first-order valence-electron chi connectivity index (χ1n) is 11.8. The van der Waals surface area contributed by atoms with Crippen molar-refractivity contribution < 1.29 is 28.2 Å². The molecule has 36 heavy (non-hydrogen) atoms. The fraction of sp³-hybridized carbons (Fsp3) is 0.370. The van der Waals surface area contributed by atoms with Gasteiger partial charge in [-0.25, -0.2) is 9.78 Å². The number of rotatable bonds is 10. The van der Waals surface area contributed by atoms with E-state index >= 15 is 0 Å². The minimum Gasteiger partial charge on any atom is -0.497 e. The van der Waals surface area contributed by atoms with Gasteiger partial charge in [-0.2, -0.15) is 0 Å². The molecule has 0 atom stereocenters. The second-order valence-corrected chi connectivity index (χ2v) is 8.95. The number of hydrogen-bond donors (Lipinski definition) is 2. The average molecular weight is 496 g/mol. The highest BCUT2D eigenvalue weighted by Crippen LogP contribution is 2.34. The summed E-state index contributed by atoms with van der Waals surface area (Å²) in [6.07, 6.45) is -0.100. The van der Waals surface area contributed by atoms with Crippen LogP contribution in [0.3, 0.4) is 0 Å². The predicted molar refractivity (Wildman–Crippen MR) is 136 cm³/mol. The van der Waals surface area contributed by atoms with Crippen molar-refractivity contribution in [2.45, 2.75) is 46.3 Å². The first-order chi connectivity index (χ1) is 17.2. The Kier molecular flexibility index (Phi) is 8.94. The molecule has 0 aliphatic rings. The molecule has 0 unspecified atom stereocenters. The molecule has 0 fully saturated rings. The summed E-state index contributed by atoms with van der Waals surface area (Å²) in [5.74, 6) is 2.29. The Hall–Kier alpha value is -4.01. The number of hydrogen-bond acceptors (Lipinski definition) is 7. The van der Waals surface area contributed by atoms with Crippen molar-refractivity contribution in [3.63, 3.8) is 0 Å². The minimum atomic E-state index is -0.548. The molecule has 0 saturated heterocycles. The highest BCUT2D eigenvalue weighted by atomic mass is 16.6. The topological polar surface area (TPSA) is 112 Å². The van der Waals surface area contributed by atoms with Crippen LogP contribution in [0.15, 0.2) is 52.9 Å². The average Bonchev–Trinajstić information content (AvgIpc) is 3.29. The lowest BCUT2D eigenvalue weighted by Crippen LogP contribution is -2.34.